The molecule has 0 aromatic heterocycles. The number of fused-ring (bicyclic) bond motifs is 3. The molecule has 5 rings (SSSR count). The second kappa shape index (κ2) is 7.14. The molecule has 2 aromatic rings. The van der Waals surface area contributed by atoms with E-state index in [-0.39, 0.29) is 55.8 Å². The van der Waals surface area contributed by atoms with Crippen LogP contribution in [0.15, 0.2) is 56.7 Å². The van der Waals surface area contributed by atoms with Gasteiger partial charge in [-0.2, -0.15) is 16.8 Å². The van der Waals surface area contributed by atoms with Gasteiger partial charge in [0.2, 0.25) is 0 Å². The number of nitrogen functional groups attached to an aromatic ring is 1. The summed E-state index contributed by atoms with van der Waals surface area (Å²) >= 11 is 12.6. The highest BCUT2D eigenvalue weighted by Gasteiger charge is 2.48. The zero-order valence-electron chi connectivity index (χ0n) is 16.4. The van der Waals surface area contributed by atoms with Crippen LogP contribution in [0.1, 0.15) is 0 Å². The van der Waals surface area contributed by atoms with E-state index >= 15 is 0 Å². The van der Waals surface area contributed by atoms with Gasteiger partial charge in [0.1, 0.15) is 42.8 Å². The fourth-order valence-corrected chi connectivity index (χ4v) is 6.25. The number of allylic oxidation sites excluding steroid dienone is 1. The first-order valence-electron chi connectivity index (χ1n) is 9.11. The van der Waals surface area contributed by atoms with Crippen LogP contribution in [0.4, 0.5) is 11.4 Å². The van der Waals surface area contributed by atoms with E-state index in [9.17, 15) is 25.9 Å². The molecule has 2 heterocycles. The summed E-state index contributed by atoms with van der Waals surface area (Å²) in [5.74, 6) is -0.206. The lowest BCUT2D eigenvalue weighted by atomic mass is 10.0. The van der Waals surface area contributed by atoms with Crippen LogP contribution in [-0.2, 0) is 20.2 Å². The van der Waals surface area contributed by atoms with Gasteiger partial charge in [-0.05, 0) is 24.3 Å². The number of rotatable bonds is 2. The Balaban J connectivity index is 1.77. The Labute approximate surface area is 201 Å². The van der Waals surface area contributed by atoms with Crippen molar-refractivity contribution < 1.29 is 35.4 Å². The number of halogens is 2. The summed E-state index contributed by atoms with van der Waals surface area (Å²) in [6.07, 6.45) is 2.38. The van der Waals surface area contributed by atoms with Crippen LogP contribution in [0.3, 0.4) is 0 Å². The Bertz CT molecular complexity index is 1720. The van der Waals surface area contributed by atoms with Crippen LogP contribution in [0.25, 0.3) is 0 Å². The van der Waals surface area contributed by atoms with Crippen molar-refractivity contribution in [2.75, 3.05) is 5.73 Å². The fourth-order valence-electron chi connectivity index (χ4n) is 3.73. The van der Waals surface area contributed by atoms with Crippen LogP contribution in [0, 0.1) is 0 Å². The van der Waals surface area contributed by atoms with E-state index in [1.54, 1.807) is 0 Å². The summed E-state index contributed by atoms with van der Waals surface area (Å²) in [4.78, 5) is 5.79. The minimum atomic E-state index is -4.81. The molecule has 0 spiro atoms. The van der Waals surface area contributed by atoms with E-state index in [1.165, 1.54) is 24.3 Å². The predicted octanol–water partition coefficient (Wildman–Crippen LogP) is 1.17. The average Bonchev–Trinajstić information content (AvgIpc) is 2.69. The van der Waals surface area contributed by atoms with E-state index in [0.717, 1.165) is 6.08 Å². The standard InChI is InChI=1S/C18H12Cl2N4O8S2/c19-11-12-10(31-8-2-1-6(21)16(13(8)24-12)33(25,26)27)5-7-15(11)32-9-3-4-18(20,22)17(14(9)23-7)34(28,29)30/h1-5,17H,21-22H2,(H,25,26,27)(H,28,29,30). The van der Waals surface area contributed by atoms with Crippen molar-refractivity contribution in [1.82, 2.24) is 0 Å². The number of hydrogen-bond donors (Lipinski definition) is 4. The number of hydrogen-bond acceptors (Lipinski definition) is 10. The molecule has 1 aliphatic carbocycles. The quantitative estimate of drug-likeness (QED) is 0.156. The van der Waals surface area contributed by atoms with Crippen molar-refractivity contribution in [2.45, 2.75) is 15.1 Å². The van der Waals surface area contributed by atoms with E-state index in [0.29, 0.717) is 0 Å². The van der Waals surface area contributed by atoms with Crippen molar-refractivity contribution in [3.8, 4) is 17.2 Å². The third kappa shape index (κ3) is 3.46. The SMILES string of the molecule is Nc1ccc2c(c1S(=O)(=O)O)N=c1c(cc3c(c1Cl)OC1=C(N=3)C(S(=O)(=O)O)C(N)(Cl)C=C1)O2. The van der Waals surface area contributed by atoms with Gasteiger partial charge in [0.25, 0.3) is 20.2 Å². The molecule has 0 bridgehead atoms. The van der Waals surface area contributed by atoms with Gasteiger partial charge in [0, 0.05) is 6.07 Å². The molecule has 0 saturated heterocycles. The lowest BCUT2D eigenvalue weighted by Crippen LogP contribution is -2.51. The number of benzene rings is 2. The summed E-state index contributed by atoms with van der Waals surface area (Å²) in [7, 11) is -9.58. The van der Waals surface area contributed by atoms with E-state index in [1.807, 2.05) is 0 Å². The maximum absolute atomic E-state index is 12.0. The van der Waals surface area contributed by atoms with Crippen molar-refractivity contribution in [2.24, 2.45) is 15.7 Å². The number of ether oxygens (including phenoxy) is 2. The highest BCUT2D eigenvalue weighted by atomic mass is 35.5. The molecule has 178 valence electrons. The molecule has 16 heteroatoms. The third-order valence-electron chi connectivity index (χ3n) is 5.11. The van der Waals surface area contributed by atoms with Gasteiger partial charge in [0.05, 0.1) is 5.69 Å². The Hall–Kier alpha value is -2.72. The minimum absolute atomic E-state index is 0.00279. The average molecular weight is 547 g/mol. The lowest BCUT2D eigenvalue weighted by molar-refractivity contribution is 0.398. The Morgan fingerprint density at radius 1 is 1.09 bits per heavy atom. The minimum Gasteiger partial charge on any atom is -0.453 e. The van der Waals surface area contributed by atoms with Gasteiger partial charge in [0.15, 0.2) is 22.5 Å². The van der Waals surface area contributed by atoms with Gasteiger partial charge >= 0.3 is 0 Å². The van der Waals surface area contributed by atoms with Crippen molar-refractivity contribution in [3.63, 3.8) is 0 Å². The maximum Gasteiger partial charge on any atom is 0.298 e. The first-order valence-corrected chi connectivity index (χ1v) is 12.8. The Morgan fingerprint density at radius 3 is 2.44 bits per heavy atom. The van der Waals surface area contributed by atoms with Crippen LogP contribution in [0.5, 0.6) is 17.2 Å². The molecule has 0 saturated carbocycles. The molecule has 0 fully saturated rings. The summed E-state index contributed by atoms with van der Waals surface area (Å²) < 4.78 is 78.5. The molecule has 2 unspecified atom stereocenters. The third-order valence-corrected chi connectivity index (χ3v) is 8.09. The van der Waals surface area contributed by atoms with Crippen LogP contribution < -0.4 is 31.7 Å². The van der Waals surface area contributed by atoms with E-state index in [4.69, 9.17) is 44.1 Å². The summed E-state index contributed by atoms with van der Waals surface area (Å²) in [5, 5.41) is -2.07. The number of nitrogens with two attached hydrogens (primary N) is 2. The lowest BCUT2D eigenvalue weighted by Gasteiger charge is -2.32. The largest absolute Gasteiger partial charge is 0.453 e. The molecular weight excluding hydrogens is 535 g/mol. The molecule has 34 heavy (non-hydrogen) atoms. The van der Waals surface area contributed by atoms with Gasteiger partial charge in [-0.25, -0.2) is 9.98 Å². The van der Waals surface area contributed by atoms with Crippen LogP contribution in [-0.4, -0.2) is 36.2 Å². The molecule has 6 N–H and O–H groups in total. The molecule has 2 atom stereocenters. The second-order valence-electron chi connectivity index (χ2n) is 7.42. The zero-order valence-corrected chi connectivity index (χ0v) is 19.6. The van der Waals surface area contributed by atoms with Crippen LogP contribution in [0.2, 0.25) is 5.02 Å². The smallest absolute Gasteiger partial charge is 0.298 e. The summed E-state index contributed by atoms with van der Waals surface area (Å²) in [6, 6.07) is 3.85. The highest BCUT2D eigenvalue weighted by molar-refractivity contribution is 7.87. The van der Waals surface area contributed by atoms with Gasteiger partial charge in [-0.1, -0.05) is 23.2 Å². The molecule has 2 aromatic carbocycles. The predicted molar refractivity (Wildman–Crippen MR) is 119 cm³/mol. The number of nitrogens with zero attached hydrogens (tertiary/aromatic N) is 2. The zero-order chi connectivity index (χ0) is 24.8. The van der Waals surface area contributed by atoms with E-state index < -0.39 is 35.4 Å². The van der Waals surface area contributed by atoms with Crippen molar-refractivity contribution >= 4 is 54.8 Å². The first-order chi connectivity index (χ1) is 15.7. The fraction of sp³-hybridized carbons (Fsp3) is 0.111. The van der Waals surface area contributed by atoms with Crippen LogP contribution >= 0.6 is 23.2 Å². The molecular formula is C18H12Cl2N4O8S2. The molecule has 0 radical (unpaired) electrons. The normalized spacial score (nSPS) is 22.8. The summed E-state index contributed by atoms with van der Waals surface area (Å²) in [6.45, 7) is 0. The maximum atomic E-state index is 12.0. The van der Waals surface area contributed by atoms with E-state index in [2.05, 4.69) is 9.98 Å². The Kier molecular flexibility index (Phi) is 4.84. The second-order valence-corrected chi connectivity index (χ2v) is 11.3. The molecule has 3 aliphatic rings. The molecule has 12 nitrogen and oxygen atoms in total. The highest BCUT2D eigenvalue weighted by Crippen LogP contribution is 2.43. The number of alkyl halides is 1. The summed E-state index contributed by atoms with van der Waals surface area (Å²) in [5.41, 5.74) is 10.7. The van der Waals surface area contributed by atoms with Crippen molar-refractivity contribution in [3.05, 3.63) is 57.5 Å². The van der Waals surface area contributed by atoms with Gasteiger partial charge in [-0.3, -0.25) is 9.11 Å². The van der Waals surface area contributed by atoms with Gasteiger partial charge in [-0.15, -0.1) is 0 Å². The molecule has 0 amide bonds. The molecule has 2 aliphatic heterocycles. The van der Waals surface area contributed by atoms with Gasteiger partial charge < -0.3 is 20.9 Å². The monoisotopic (exact) mass is 546 g/mol. The number of anilines is 1. The topological polar surface area (TPSA) is 204 Å². The van der Waals surface area contributed by atoms with Crippen molar-refractivity contribution in [1.29, 1.82) is 0 Å². The Morgan fingerprint density at radius 2 is 1.79 bits per heavy atom. The first kappa shape index (κ1) is 23.0.